The Morgan fingerprint density at radius 2 is 1.93 bits per heavy atom. The van der Waals surface area contributed by atoms with Gasteiger partial charge in [-0.05, 0) is 37.3 Å². The predicted octanol–water partition coefficient (Wildman–Crippen LogP) is 1.88. The van der Waals surface area contributed by atoms with Crippen LogP contribution in [0.15, 0.2) is 35.1 Å². The Bertz CT molecular complexity index is 531. The minimum atomic E-state index is -0.292. The third kappa shape index (κ3) is 1.93. The summed E-state index contributed by atoms with van der Waals surface area (Å²) in [6.45, 7) is 1.70. The molecule has 3 nitrogen and oxygen atoms in total. The van der Waals surface area contributed by atoms with Crippen LogP contribution in [-0.2, 0) is 0 Å². The maximum atomic E-state index is 12.7. The van der Waals surface area contributed by atoms with E-state index >= 15 is 0 Å². The minimum Gasteiger partial charge on any atom is -0.268 e. The van der Waals surface area contributed by atoms with E-state index in [2.05, 4.69) is 10.2 Å². The molecule has 0 aliphatic carbocycles. The molecule has 76 valence electrons. The molecule has 0 bridgehead atoms. The molecule has 0 atom stereocenters. The first kappa shape index (κ1) is 9.58. The summed E-state index contributed by atoms with van der Waals surface area (Å²) in [7, 11) is 0. The van der Waals surface area contributed by atoms with E-state index in [1.54, 1.807) is 25.1 Å². The van der Waals surface area contributed by atoms with Gasteiger partial charge in [0, 0.05) is 11.1 Å². The van der Waals surface area contributed by atoms with Crippen LogP contribution >= 0.6 is 0 Å². The molecule has 0 radical (unpaired) electrons. The van der Waals surface area contributed by atoms with E-state index in [0.717, 1.165) is 5.56 Å². The van der Waals surface area contributed by atoms with Crippen molar-refractivity contribution in [3.63, 3.8) is 0 Å². The SMILES string of the molecule is Cc1cc(-c2ccc(F)cc2)n[nH]c1=O. The molecule has 0 amide bonds. The molecule has 1 aromatic carbocycles. The van der Waals surface area contributed by atoms with Crippen LogP contribution in [0.2, 0.25) is 0 Å². The maximum absolute atomic E-state index is 12.7. The molecule has 4 heteroatoms. The summed E-state index contributed by atoms with van der Waals surface area (Å²) in [5, 5.41) is 6.26. The van der Waals surface area contributed by atoms with Crippen molar-refractivity contribution in [2.24, 2.45) is 0 Å². The second-order valence-electron chi connectivity index (χ2n) is 3.27. The van der Waals surface area contributed by atoms with Gasteiger partial charge >= 0.3 is 0 Å². The Labute approximate surface area is 85.6 Å². The summed E-state index contributed by atoms with van der Waals surface area (Å²) < 4.78 is 12.7. The highest BCUT2D eigenvalue weighted by atomic mass is 19.1. The first-order valence-electron chi connectivity index (χ1n) is 4.49. The normalized spacial score (nSPS) is 10.3. The smallest absolute Gasteiger partial charge is 0.267 e. The van der Waals surface area contributed by atoms with Crippen LogP contribution in [0.4, 0.5) is 4.39 Å². The van der Waals surface area contributed by atoms with Crippen LogP contribution in [0.25, 0.3) is 11.3 Å². The van der Waals surface area contributed by atoms with E-state index in [4.69, 9.17) is 0 Å². The molecule has 0 spiro atoms. The Morgan fingerprint density at radius 1 is 1.27 bits per heavy atom. The summed E-state index contributed by atoms with van der Waals surface area (Å²) >= 11 is 0. The van der Waals surface area contributed by atoms with Gasteiger partial charge in [-0.2, -0.15) is 5.10 Å². The lowest BCUT2D eigenvalue weighted by Gasteiger charge is -2.00. The van der Waals surface area contributed by atoms with Crippen molar-refractivity contribution in [1.29, 1.82) is 0 Å². The Balaban J connectivity index is 2.50. The number of hydrogen-bond donors (Lipinski definition) is 1. The van der Waals surface area contributed by atoms with E-state index in [-0.39, 0.29) is 11.4 Å². The zero-order chi connectivity index (χ0) is 10.8. The van der Waals surface area contributed by atoms with Crippen molar-refractivity contribution in [2.45, 2.75) is 6.92 Å². The number of H-pyrrole nitrogens is 1. The van der Waals surface area contributed by atoms with Gasteiger partial charge in [-0.3, -0.25) is 4.79 Å². The summed E-state index contributed by atoms with van der Waals surface area (Å²) in [6.07, 6.45) is 0. The van der Waals surface area contributed by atoms with Gasteiger partial charge in [-0.25, -0.2) is 9.49 Å². The van der Waals surface area contributed by atoms with Crippen molar-refractivity contribution in [3.8, 4) is 11.3 Å². The highest BCUT2D eigenvalue weighted by molar-refractivity contribution is 5.58. The van der Waals surface area contributed by atoms with Crippen molar-refractivity contribution in [3.05, 3.63) is 52.1 Å². The fourth-order valence-corrected chi connectivity index (χ4v) is 1.27. The molecule has 2 aromatic rings. The summed E-state index contributed by atoms with van der Waals surface area (Å²) in [6, 6.07) is 7.63. The molecule has 0 fully saturated rings. The van der Waals surface area contributed by atoms with Gasteiger partial charge in [0.2, 0.25) is 0 Å². The van der Waals surface area contributed by atoms with Crippen LogP contribution in [0.5, 0.6) is 0 Å². The van der Waals surface area contributed by atoms with Crippen LogP contribution in [0.3, 0.4) is 0 Å². The number of halogens is 1. The van der Waals surface area contributed by atoms with Crippen LogP contribution in [0.1, 0.15) is 5.56 Å². The molecule has 15 heavy (non-hydrogen) atoms. The average Bonchev–Trinajstić information content (AvgIpc) is 2.23. The summed E-state index contributed by atoms with van der Waals surface area (Å²) in [5.41, 5.74) is 1.79. The van der Waals surface area contributed by atoms with E-state index in [9.17, 15) is 9.18 Å². The van der Waals surface area contributed by atoms with Gasteiger partial charge in [-0.15, -0.1) is 0 Å². The lowest BCUT2D eigenvalue weighted by atomic mass is 10.1. The molecular weight excluding hydrogens is 195 g/mol. The topological polar surface area (TPSA) is 45.8 Å². The fraction of sp³-hybridized carbons (Fsp3) is 0.0909. The van der Waals surface area contributed by atoms with Crippen molar-refractivity contribution in [2.75, 3.05) is 0 Å². The molecular formula is C11H9FN2O. The number of aryl methyl sites for hydroxylation is 1. The number of benzene rings is 1. The van der Waals surface area contributed by atoms with E-state index in [1.807, 2.05) is 0 Å². The van der Waals surface area contributed by atoms with Gasteiger partial charge in [-0.1, -0.05) is 0 Å². The zero-order valence-corrected chi connectivity index (χ0v) is 8.12. The van der Waals surface area contributed by atoms with Crippen LogP contribution < -0.4 is 5.56 Å². The van der Waals surface area contributed by atoms with Gasteiger partial charge in [0.15, 0.2) is 0 Å². The first-order valence-corrected chi connectivity index (χ1v) is 4.49. The van der Waals surface area contributed by atoms with Crippen LogP contribution in [-0.4, -0.2) is 10.2 Å². The van der Waals surface area contributed by atoms with Crippen molar-refractivity contribution < 1.29 is 4.39 Å². The number of aromatic nitrogens is 2. The third-order valence-corrected chi connectivity index (χ3v) is 2.13. The molecule has 0 saturated carbocycles. The molecule has 1 heterocycles. The summed E-state index contributed by atoms with van der Waals surface area (Å²) in [4.78, 5) is 11.1. The second kappa shape index (κ2) is 3.65. The van der Waals surface area contributed by atoms with Crippen molar-refractivity contribution >= 4 is 0 Å². The third-order valence-electron chi connectivity index (χ3n) is 2.13. The van der Waals surface area contributed by atoms with Crippen LogP contribution in [0, 0.1) is 12.7 Å². The largest absolute Gasteiger partial charge is 0.268 e. The maximum Gasteiger partial charge on any atom is 0.267 e. The molecule has 1 aromatic heterocycles. The molecule has 0 unspecified atom stereocenters. The Kier molecular flexibility index (Phi) is 2.33. The van der Waals surface area contributed by atoms with Gasteiger partial charge in [0.1, 0.15) is 5.82 Å². The number of hydrogen-bond acceptors (Lipinski definition) is 2. The number of nitrogens with one attached hydrogen (secondary N) is 1. The minimum absolute atomic E-state index is 0.208. The average molecular weight is 204 g/mol. The Hall–Kier alpha value is -1.97. The standard InChI is InChI=1S/C11H9FN2O/c1-7-6-10(13-14-11(7)15)8-2-4-9(12)5-3-8/h2-6H,1H3,(H,14,15). The van der Waals surface area contributed by atoms with Crippen molar-refractivity contribution in [1.82, 2.24) is 10.2 Å². The Morgan fingerprint density at radius 3 is 2.53 bits per heavy atom. The quantitative estimate of drug-likeness (QED) is 0.770. The molecule has 0 aliphatic heterocycles. The molecule has 0 saturated heterocycles. The molecule has 0 aliphatic rings. The highest BCUT2D eigenvalue weighted by Gasteiger charge is 2.01. The molecule has 1 N–H and O–H groups in total. The van der Waals surface area contributed by atoms with E-state index in [1.165, 1.54) is 12.1 Å². The van der Waals surface area contributed by atoms with Gasteiger partial charge in [0.05, 0.1) is 5.69 Å². The number of aromatic amines is 1. The number of nitrogens with zero attached hydrogens (tertiary/aromatic N) is 1. The highest BCUT2D eigenvalue weighted by Crippen LogP contribution is 2.15. The summed E-state index contributed by atoms with van der Waals surface area (Å²) in [5.74, 6) is -0.292. The van der Waals surface area contributed by atoms with Gasteiger partial charge < -0.3 is 0 Å². The second-order valence-corrected chi connectivity index (χ2v) is 3.27. The lowest BCUT2D eigenvalue weighted by molar-refractivity contribution is 0.628. The fourth-order valence-electron chi connectivity index (χ4n) is 1.27. The number of rotatable bonds is 1. The lowest BCUT2D eigenvalue weighted by Crippen LogP contribution is -2.11. The first-order chi connectivity index (χ1) is 7.16. The monoisotopic (exact) mass is 204 g/mol. The van der Waals surface area contributed by atoms with E-state index < -0.39 is 0 Å². The zero-order valence-electron chi connectivity index (χ0n) is 8.12. The molecule has 2 rings (SSSR count). The van der Waals surface area contributed by atoms with E-state index in [0.29, 0.717) is 11.3 Å². The predicted molar refractivity (Wildman–Crippen MR) is 55.0 cm³/mol. The van der Waals surface area contributed by atoms with Gasteiger partial charge in [0.25, 0.3) is 5.56 Å².